The SMILES string of the molecule is CCC1C(=C(Cl)Cl)Cc2cccc(NC(=O)c3cn(C)nc3C(F)F)c21. The summed E-state index contributed by atoms with van der Waals surface area (Å²) in [5.74, 6) is -0.638. The number of aromatic nitrogens is 2. The van der Waals surface area contributed by atoms with Gasteiger partial charge in [-0.05, 0) is 35.6 Å². The smallest absolute Gasteiger partial charge is 0.282 e. The number of hydrogen-bond acceptors (Lipinski definition) is 2. The van der Waals surface area contributed by atoms with Crippen LogP contribution < -0.4 is 5.32 Å². The number of rotatable bonds is 4. The Morgan fingerprint density at radius 2 is 2.15 bits per heavy atom. The maximum absolute atomic E-state index is 13.1. The lowest BCUT2D eigenvalue weighted by Gasteiger charge is -2.16. The van der Waals surface area contributed by atoms with E-state index in [-0.39, 0.29) is 16.0 Å². The molecule has 2 aromatic rings. The van der Waals surface area contributed by atoms with Crippen molar-refractivity contribution in [2.24, 2.45) is 7.05 Å². The van der Waals surface area contributed by atoms with E-state index in [1.54, 1.807) is 6.07 Å². The summed E-state index contributed by atoms with van der Waals surface area (Å²) in [4.78, 5) is 12.6. The number of fused-ring (bicyclic) bond motifs is 1. The molecule has 1 aromatic carbocycles. The molecule has 1 aliphatic rings. The van der Waals surface area contributed by atoms with Crippen LogP contribution in [0.3, 0.4) is 0 Å². The number of nitrogens with one attached hydrogen (secondary N) is 1. The van der Waals surface area contributed by atoms with Crippen LogP contribution >= 0.6 is 23.2 Å². The van der Waals surface area contributed by atoms with Crippen LogP contribution in [0.4, 0.5) is 14.5 Å². The molecule has 1 aliphatic carbocycles. The van der Waals surface area contributed by atoms with Crippen molar-refractivity contribution in [2.45, 2.75) is 32.1 Å². The molecule has 4 nitrogen and oxygen atoms in total. The maximum atomic E-state index is 13.1. The number of halogens is 4. The number of allylic oxidation sites excluding steroid dienone is 1. The lowest BCUT2D eigenvalue weighted by molar-refractivity contribution is 0.101. The summed E-state index contributed by atoms with van der Waals surface area (Å²) in [5.41, 5.74) is 2.75. The van der Waals surface area contributed by atoms with Crippen LogP contribution in [0, 0.1) is 0 Å². The second kappa shape index (κ2) is 7.37. The molecule has 1 N–H and O–H groups in total. The molecule has 0 saturated heterocycles. The molecule has 138 valence electrons. The molecular formula is C18H17Cl2F2N3O. The number of hydrogen-bond donors (Lipinski definition) is 1. The summed E-state index contributed by atoms with van der Waals surface area (Å²) >= 11 is 12.0. The Kier molecular flexibility index (Phi) is 5.34. The summed E-state index contributed by atoms with van der Waals surface area (Å²) in [6.07, 6.45) is -0.174. The van der Waals surface area contributed by atoms with Crippen molar-refractivity contribution in [3.8, 4) is 0 Å². The molecule has 1 atom stereocenters. The zero-order valence-electron chi connectivity index (χ0n) is 14.2. The molecule has 1 amide bonds. The van der Waals surface area contributed by atoms with Gasteiger partial charge >= 0.3 is 0 Å². The van der Waals surface area contributed by atoms with Crippen LogP contribution in [-0.2, 0) is 13.5 Å². The van der Waals surface area contributed by atoms with Crippen LogP contribution in [0.5, 0.6) is 0 Å². The monoisotopic (exact) mass is 399 g/mol. The van der Waals surface area contributed by atoms with Crippen molar-refractivity contribution in [2.75, 3.05) is 5.32 Å². The zero-order valence-corrected chi connectivity index (χ0v) is 15.7. The average molecular weight is 400 g/mol. The quantitative estimate of drug-likeness (QED) is 0.752. The normalized spacial score (nSPS) is 16.1. The van der Waals surface area contributed by atoms with Crippen molar-refractivity contribution in [3.63, 3.8) is 0 Å². The Balaban J connectivity index is 1.98. The number of nitrogens with zero attached hydrogens (tertiary/aromatic N) is 2. The van der Waals surface area contributed by atoms with Gasteiger partial charge in [-0.3, -0.25) is 9.48 Å². The van der Waals surface area contributed by atoms with Gasteiger partial charge in [0.25, 0.3) is 12.3 Å². The minimum atomic E-state index is -2.83. The number of carbonyl (C=O) groups is 1. The molecule has 26 heavy (non-hydrogen) atoms. The minimum Gasteiger partial charge on any atom is -0.322 e. The largest absolute Gasteiger partial charge is 0.322 e. The first kappa shape index (κ1) is 18.9. The Morgan fingerprint density at radius 3 is 2.77 bits per heavy atom. The molecule has 8 heteroatoms. The zero-order chi connectivity index (χ0) is 19.0. The number of aryl methyl sites for hydroxylation is 1. The first-order valence-electron chi connectivity index (χ1n) is 8.12. The van der Waals surface area contributed by atoms with Crippen molar-refractivity contribution < 1.29 is 13.6 Å². The fourth-order valence-corrected chi connectivity index (χ4v) is 3.87. The van der Waals surface area contributed by atoms with E-state index in [1.807, 2.05) is 19.1 Å². The van der Waals surface area contributed by atoms with E-state index in [0.717, 1.165) is 23.1 Å². The van der Waals surface area contributed by atoms with E-state index in [4.69, 9.17) is 23.2 Å². The van der Waals surface area contributed by atoms with Crippen LogP contribution in [0.2, 0.25) is 0 Å². The number of amides is 1. The Bertz CT molecular complexity index is 889. The van der Waals surface area contributed by atoms with Crippen molar-refractivity contribution in [1.82, 2.24) is 9.78 Å². The molecule has 0 saturated carbocycles. The molecule has 0 fully saturated rings. The molecule has 0 bridgehead atoms. The second-order valence-electron chi connectivity index (χ2n) is 6.16. The Labute approximate surface area is 159 Å². The van der Waals surface area contributed by atoms with Crippen molar-refractivity contribution in [1.29, 1.82) is 0 Å². The molecule has 1 aromatic heterocycles. The lowest BCUT2D eigenvalue weighted by atomic mass is 9.94. The third-order valence-electron chi connectivity index (χ3n) is 4.55. The third kappa shape index (κ3) is 3.35. The lowest BCUT2D eigenvalue weighted by Crippen LogP contribution is -2.15. The first-order chi connectivity index (χ1) is 12.3. The highest BCUT2D eigenvalue weighted by Crippen LogP contribution is 2.46. The number of benzene rings is 1. The number of anilines is 1. The van der Waals surface area contributed by atoms with Crippen LogP contribution in [0.25, 0.3) is 0 Å². The molecule has 0 spiro atoms. The van der Waals surface area contributed by atoms with Crippen LogP contribution in [-0.4, -0.2) is 15.7 Å². The molecule has 1 unspecified atom stereocenters. The van der Waals surface area contributed by atoms with Gasteiger partial charge in [-0.1, -0.05) is 42.3 Å². The van der Waals surface area contributed by atoms with Gasteiger partial charge in [0.05, 0.1) is 5.56 Å². The van der Waals surface area contributed by atoms with Crippen LogP contribution in [0.15, 0.2) is 34.5 Å². The molecule has 3 rings (SSSR count). The highest BCUT2D eigenvalue weighted by atomic mass is 35.5. The van der Waals surface area contributed by atoms with E-state index < -0.39 is 18.0 Å². The van der Waals surface area contributed by atoms with Crippen LogP contribution in [0.1, 0.15) is 52.9 Å². The summed E-state index contributed by atoms with van der Waals surface area (Å²) in [6.45, 7) is 2.01. The molecule has 1 heterocycles. The van der Waals surface area contributed by atoms with Gasteiger partial charge < -0.3 is 5.32 Å². The van der Waals surface area contributed by atoms with Gasteiger partial charge in [-0.2, -0.15) is 5.10 Å². The van der Waals surface area contributed by atoms with Gasteiger partial charge in [-0.25, -0.2) is 8.78 Å². The third-order valence-corrected chi connectivity index (χ3v) is 5.04. The fourth-order valence-electron chi connectivity index (χ4n) is 3.47. The van der Waals surface area contributed by atoms with E-state index in [9.17, 15) is 13.6 Å². The standard InChI is InChI=1S/C18H17Cl2F2N3O/c1-3-10-11(16(19)20)7-9-5-4-6-13(14(9)10)23-18(26)12-8-25(2)24-15(12)17(21)22/h4-6,8,10,17H,3,7H2,1-2H3,(H,23,26). The predicted octanol–water partition coefficient (Wildman–Crippen LogP) is 5.35. The fraction of sp³-hybridized carbons (Fsp3) is 0.333. The summed E-state index contributed by atoms with van der Waals surface area (Å²) in [5, 5.41) is 6.43. The minimum absolute atomic E-state index is 0.0185. The number of carbonyl (C=O) groups excluding carboxylic acids is 1. The highest BCUT2D eigenvalue weighted by Gasteiger charge is 2.31. The van der Waals surface area contributed by atoms with Gasteiger partial charge in [0, 0.05) is 24.8 Å². The molecule has 0 radical (unpaired) electrons. The molecular weight excluding hydrogens is 383 g/mol. The average Bonchev–Trinajstić information content (AvgIpc) is 3.16. The highest BCUT2D eigenvalue weighted by molar-refractivity contribution is 6.56. The topological polar surface area (TPSA) is 46.9 Å². The van der Waals surface area contributed by atoms with Gasteiger partial charge in [0.2, 0.25) is 0 Å². The Morgan fingerprint density at radius 1 is 1.42 bits per heavy atom. The maximum Gasteiger partial charge on any atom is 0.282 e. The van der Waals surface area contributed by atoms with E-state index >= 15 is 0 Å². The van der Waals surface area contributed by atoms with Crippen molar-refractivity contribution >= 4 is 34.8 Å². The van der Waals surface area contributed by atoms with Gasteiger partial charge in [-0.15, -0.1) is 0 Å². The van der Waals surface area contributed by atoms with Gasteiger partial charge in [0.1, 0.15) is 10.2 Å². The second-order valence-corrected chi connectivity index (χ2v) is 7.11. The van der Waals surface area contributed by atoms with Crippen molar-refractivity contribution in [3.05, 3.63) is 56.8 Å². The first-order valence-corrected chi connectivity index (χ1v) is 8.87. The summed E-state index contributed by atoms with van der Waals surface area (Å²) in [6, 6.07) is 5.51. The Hall–Kier alpha value is -1.92. The van der Waals surface area contributed by atoms with E-state index in [0.29, 0.717) is 12.1 Å². The van der Waals surface area contributed by atoms with E-state index in [2.05, 4.69) is 10.4 Å². The van der Waals surface area contributed by atoms with E-state index in [1.165, 1.54) is 17.9 Å². The van der Waals surface area contributed by atoms with Gasteiger partial charge in [0.15, 0.2) is 0 Å². The number of alkyl halides is 2. The summed E-state index contributed by atoms with van der Waals surface area (Å²) in [7, 11) is 1.50. The summed E-state index contributed by atoms with van der Waals surface area (Å²) < 4.78 is 27.7. The predicted molar refractivity (Wildman–Crippen MR) is 98.0 cm³/mol. The molecule has 0 aliphatic heterocycles.